The Balaban J connectivity index is 4.19. The maximum absolute atomic E-state index is 5.50. The Hall–Kier alpha value is -0.110. The summed E-state index contributed by atoms with van der Waals surface area (Å²) in [7, 11) is 0. The topological polar surface area (TPSA) is 26.0 Å². The molecule has 0 amide bonds. The van der Waals surface area contributed by atoms with Gasteiger partial charge in [-0.2, -0.15) is 0 Å². The molecule has 0 bridgehead atoms. The van der Waals surface area contributed by atoms with Gasteiger partial charge in [-0.1, -0.05) is 39.9 Å². The minimum atomic E-state index is 0.00926. The Bertz CT molecular complexity index is 116. The second kappa shape index (κ2) is 2.65. The highest BCUT2D eigenvalue weighted by atomic mass is 32.1. The van der Waals surface area contributed by atoms with Crippen LogP contribution < -0.4 is 5.73 Å². The van der Waals surface area contributed by atoms with Crippen LogP contribution in [-0.4, -0.2) is 4.99 Å². The molecule has 54 valence electrons. The summed E-state index contributed by atoms with van der Waals surface area (Å²) in [4.78, 5) is 0.609. The van der Waals surface area contributed by atoms with Crippen molar-refractivity contribution >= 4 is 17.2 Å². The van der Waals surface area contributed by atoms with Gasteiger partial charge in [0.25, 0.3) is 0 Å². The van der Waals surface area contributed by atoms with E-state index in [0.29, 0.717) is 10.9 Å². The van der Waals surface area contributed by atoms with Gasteiger partial charge in [-0.15, -0.1) is 0 Å². The number of thiocarbonyl (C=S) groups is 1. The van der Waals surface area contributed by atoms with E-state index in [1.54, 1.807) is 0 Å². The first-order valence-electron chi connectivity index (χ1n) is 3.19. The summed E-state index contributed by atoms with van der Waals surface area (Å²) in [6.45, 7) is 8.39. The zero-order valence-corrected chi connectivity index (χ0v) is 7.38. The maximum Gasteiger partial charge on any atom is 0.0787 e. The molecule has 0 unspecified atom stereocenters. The summed E-state index contributed by atoms with van der Waals surface area (Å²) in [5.41, 5.74) is 5.51. The normalized spacial score (nSPS) is 12.1. The molecule has 0 aromatic carbocycles. The molecule has 0 aliphatic rings. The van der Waals surface area contributed by atoms with Gasteiger partial charge >= 0.3 is 0 Å². The Kier molecular flexibility index (Phi) is 2.62. The van der Waals surface area contributed by atoms with Crippen LogP contribution in [0.4, 0.5) is 0 Å². The number of hydrogen-bond donors (Lipinski definition) is 1. The third-order valence-corrected chi connectivity index (χ3v) is 2.60. The second-order valence-electron chi connectivity index (χ2n) is 3.24. The van der Waals surface area contributed by atoms with Gasteiger partial charge in [-0.05, 0) is 5.92 Å². The van der Waals surface area contributed by atoms with Gasteiger partial charge in [0.1, 0.15) is 0 Å². The Labute approximate surface area is 62.6 Å². The molecule has 9 heavy (non-hydrogen) atoms. The summed E-state index contributed by atoms with van der Waals surface area (Å²) in [6, 6.07) is 0. The zero-order valence-electron chi connectivity index (χ0n) is 6.56. The van der Waals surface area contributed by atoms with Crippen molar-refractivity contribution in [3.05, 3.63) is 0 Å². The van der Waals surface area contributed by atoms with Crippen LogP contribution in [0.5, 0.6) is 0 Å². The molecular weight excluding hydrogens is 130 g/mol. The molecule has 0 aliphatic heterocycles. The van der Waals surface area contributed by atoms with E-state index < -0.39 is 0 Å². The van der Waals surface area contributed by atoms with Crippen LogP contribution in [0.3, 0.4) is 0 Å². The van der Waals surface area contributed by atoms with Crippen LogP contribution in [-0.2, 0) is 0 Å². The number of hydrogen-bond acceptors (Lipinski definition) is 1. The average Bonchev–Trinajstić information content (AvgIpc) is 1.65. The molecule has 0 aromatic rings. The van der Waals surface area contributed by atoms with Gasteiger partial charge in [0, 0.05) is 5.41 Å². The van der Waals surface area contributed by atoms with Crippen molar-refractivity contribution in [2.75, 3.05) is 0 Å². The Morgan fingerprint density at radius 2 is 1.78 bits per heavy atom. The van der Waals surface area contributed by atoms with E-state index in [2.05, 4.69) is 27.7 Å². The first kappa shape index (κ1) is 8.89. The summed E-state index contributed by atoms with van der Waals surface area (Å²) in [5.74, 6) is 0.523. The predicted molar refractivity (Wildman–Crippen MR) is 45.4 cm³/mol. The lowest BCUT2D eigenvalue weighted by Crippen LogP contribution is -2.34. The minimum Gasteiger partial charge on any atom is -0.393 e. The van der Waals surface area contributed by atoms with E-state index in [0.717, 1.165) is 0 Å². The Morgan fingerprint density at radius 1 is 1.44 bits per heavy atom. The van der Waals surface area contributed by atoms with E-state index >= 15 is 0 Å². The first-order chi connectivity index (χ1) is 3.89. The summed E-state index contributed by atoms with van der Waals surface area (Å²) in [5, 5.41) is 0. The van der Waals surface area contributed by atoms with E-state index in [1.165, 1.54) is 0 Å². The van der Waals surface area contributed by atoms with Crippen molar-refractivity contribution < 1.29 is 0 Å². The van der Waals surface area contributed by atoms with Crippen LogP contribution in [0, 0.1) is 11.3 Å². The second-order valence-corrected chi connectivity index (χ2v) is 3.68. The molecule has 0 radical (unpaired) electrons. The summed E-state index contributed by atoms with van der Waals surface area (Å²) < 4.78 is 0. The van der Waals surface area contributed by atoms with Crippen molar-refractivity contribution in [1.82, 2.24) is 0 Å². The summed E-state index contributed by atoms with van der Waals surface area (Å²) >= 11 is 4.89. The van der Waals surface area contributed by atoms with Crippen LogP contribution >= 0.6 is 12.2 Å². The highest BCUT2D eigenvalue weighted by Crippen LogP contribution is 2.25. The zero-order chi connectivity index (χ0) is 7.65. The molecule has 0 rings (SSSR count). The smallest absolute Gasteiger partial charge is 0.0787 e. The molecule has 0 atom stereocenters. The van der Waals surface area contributed by atoms with E-state index in [4.69, 9.17) is 18.0 Å². The number of rotatable bonds is 2. The quantitative estimate of drug-likeness (QED) is 0.601. The first-order valence-corrected chi connectivity index (χ1v) is 3.59. The molecule has 0 aliphatic carbocycles. The molecule has 0 saturated heterocycles. The van der Waals surface area contributed by atoms with Crippen LogP contribution in [0.2, 0.25) is 0 Å². The monoisotopic (exact) mass is 145 g/mol. The average molecular weight is 145 g/mol. The van der Waals surface area contributed by atoms with Crippen molar-refractivity contribution in [2.45, 2.75) is 27.7 Å². The minimum absolute atomic E-state index is 0.00926. The van der Waals surface area contributed by atoms with Crippen molar-refractivity contribution in [1.29, 1.82) is 0 Å². The molecule has 0 fully saturated rings. The highest BCUT2D eigenvalue weighted by Gasteiger charge is 2.24. The van der Waals surface area contributed by atoms with E-state index in [-0.39, 0.29) is 5.41 Å². The number of nitrogens with two attached hydrogens (primary N) is 1. The van der Waals surface area contributed by atoms with Gasteiger partial charge in [0.2, 0.25) is 0 Å². The Morgan fingerprint density at radius 3 is 1.78 bits per heavy atom. The maximum atomic E-state index is 5.50. The molecule has 1 nitrogen and oxygen atoms in total. The van der Waals surface area contributed by atoms with Crippen molar-refractivity contribution in [2.24, 2.45) is 17.1 Å². The predicted octanol–water partition coefficient (Wildman–Crippen LogP) is 1.95. The lowest BCUT2D eigenvalue weighted by molar-refractivity contribution is 0.367. The summed E-state index contributed by atoms with van der Waals surface area (Å²) in [6.07, 6.45) is 0. The molecule has 2 N–H and O–H groups in total. The molecule has 2 heteroatoms. The van der Waals surface area contributed by atoms with Crippen LogP contribution in [0.15, 0.2) is 0 Å². The van der Waals surface area contributed by atoms with Crippen molar-refractivity contribution in [3.63, 3.8) is 0 Å². The lowest BCUT2D eigenvalue weighted by atomic mass is 9.81. The van der Waals surface area contributed by atoms with Gasteiger partial charge in [-0.3, -0.25) is 0 Å². The van der Waals surface area contributed by atoms with Gasteiger partial charge < -0.3 is 5.73 Å². The fourth-order valence-electron chi connectivity index (χ4n) is 0.285. The highest BCUT2D eigenvalue weighted by molar-refractivity contribution is 7.80. The third kappa shape index (κ3) is 1.94. The van der Waals surface area contributed by atoms with Crippen molar-refractivity contribution in [3.8, 4) is 0 Å². The molecule has 0 spiro atoms. The molecular formula is C7H15NS. The van der Waals surface area contributed by atoms with Crippen LogP contribution in [0.25, 0.3) is 0 Å². The molecule has 0 saturated carbocycles. The van der Waals surface area contributed by atoms with Gasteiger partial charge in [0.05, 0.1) is 4.99 Å². The van der Waals surface area contributed by atoms with Gasteiger partial charge in [0.15, 0.2) is 0 Å². The SMILES string of the molecule is CC(C)C(C)(C)C(N)=S. The van der Waals surface area contributed by atoms with Gasteiger partial charge in [-0.25, -0.2) is 0 Å². The molecule has 0 heterocycles. The molecule has 0 aromatic heterocycles. The standard InChI is InChI=1S/C7H15NS/c1-5(2)7(3,4)6(8)9/h5H,1-4H3,(H2,8,9). The van der Waals surface area contributed by atoms with E-state index in [1.807, 2.05) is 0 Å². The van der Waals surface area contributed by atoms with Crippen LogP contribution in [0.1, 0.15) is 27.7 Å². The van der Waals surface area contributed by atoms with E-state index in [9.17, 15) is 0 Å². The fraction of sp³-hybridized carbons (Fsp3) is 0.857. The third-order valence-electron chi connectivity index (χ3n) is 2.08. The largest absolute Gasteiger partial charge is 0.393 e. The fourth-order valence-corrected chi connectivity index (χ4v) is 0.520. The lowest BCUT2D eigenvalue weighted by Gasteiger charge is -2.27.